The first-order valence-corrected chi connectivity index (χ1v) is 9.21. The largest absolute Gasteiger partial charge is 0.496 e. The van der Waals surface area contributed by atoms with Crippen LogP contribution >= 0.6 is 11.6 Å². The maximum Gasteiger partial charge on any atom is 0.224 e. The van der Waals surface area contributed by atoms with Crippen LogP contribution in [-0.4, -0.2) is 27.0 Å². The smallest absolute Gasteiger partial charge is 0.224 e. The second-order valence-corrected chi connectivity index (χ2v) is 6.69. The van der Waals surface area contributed by atoms with E-state index in [-0.39, 0.29) is 0 Å². The highest BCUT2D eigenvalue weighted by molar-refractivity contribution is 6.30. The number of ether oxygens (including phenoxy) is 2. The third kappa shape index (κ3) is 4.47. The van der Waals surface area contributed by atoms with Crippen LogP contribution in [0.1, 0.15) is 5.69 Å². The van der Waals surface area contributed by atoms with Gasteiger partial charge in [-0.2, -0.15) is 0 Å². The molecule has 0 saturated heterocycles. The molecule has 0 atom stereocenters. The molecular weight excluding hydrogens is 390 g/mol. The van der Waals surface area contributed by atoms with Crippen molar-refractivity contribution in [1.82, 2.24) is 19.9 Å². The number of anilines is 2. The van der Waals surface area contributed by atoms with Crippen molar-refractivity contribution >= 4 is 23.1 Å². The lowest BCUT2D eigenvalue weighted by atomic mass is 10.1. The van der Waals surface area contributed by atoms with E-state index >= 15 is 0 Å². The number of halogens is 1. The molecule has 0 saturated carbocycles. The Morgan fingerprint density at radius 3 is 2.55 bits per heavy atom. The van der Waals surface area contributed by atoms with Gasteiger partial charge in [-0.3, -0.25) is 0 Å². The lowest BCUT2D eigenvalue weighted by molar-refractivity contribution is 0.416. The monoisotopic (exact) mass is 407 g/mol. The molecule has 0 unspecified atom stereocenters. The first-order chi connectivity index (χ1) is 14.1. The Kier molecular flexibility index (Phi) is 5.31. The average Bonchev–Trinajstić information content (AvgIpc) is 3.16. The molecule has 4 rings (SSSR count). The van der Waals surface area contributed by atoms with Crippen LogP contribution in [0.25, 0.3) is 11.4 Å². The average molecular weight is 408 g/mol. The summed E-state index contributed by atoms with van der Waals surface area (Å²) in [5, 5.41) is 3.88. The predicted octanol–water partition coefficient (Wildman–Crippen LogP) is 5.37. The zero-order valence-electron chi connectivity index (χ0n) is 15.8. The van der Waals surface area contributed by atoms with Gasteiger partial charge in [-0.25, -0.2) is 15.0 Å². The van der Waals surface area contributed by atoms with E-state index in [2.05, 4.69) is 25.3 Å². The summed E-state index contributed by atoms with van der Waals surface area (Å²) in [6, 6.07) is 14.5. The van der Waals surface area contributed by atoms with E-state index in [0.717, 1.165) is 22.8 Å². The number of benzene rings is 2. The van der Waals surface area contributed by atoms with Gasteiger partial charge in [-0.05, 0) is 43.3 Å². The van der Waals surface area contributed by atoms with E-state index in [4.69, 9.17) is 21.1 Å². The van der Waals surface area contributed by atoms with Gasteiger partial charge in [-0.1, -0.05) is 11.6 Å². The van der Waals surface area contributed by atoms with Crippen molar-refractivity contribution < 1.29 is 9.47 Å². The Hall–Kier alpha value is -3.58. The van der Waals surface area contributed by atoms with Crippen LogP contribution in [0.3, 0.4) is 0 Å². The van der Waals surface area contributed by atoms with E-state index < -0.39 is 0 Å². The quantitative estimate of drug-likeness (QED) is 0.446. The fourth-order valence-corrected chi connectivity index (χ4v) is 2.88. The molecule has 7 nitrogen and oxygen atoms in total. The summed E-state index contributed by atoms with van der Waals surface area (Å²) in [5.74, 6) is 3.09. The molecule has 0 radical (unpaired) electrons. The molecule has 0 amide bonds. The Bertz CT molecular complexity index is 1130. The van der Waals surface area contributed by atoms with Gasteiger partial charge in [-0.15, -0.1) is 0 Å². The molecule has 0 aliphatic carbocycles. The highest BCUT2D eigenvalue weighted by Crippen LogP contribution is 2.32. The molecule has 2 heterocycles. The first kappa shape index (κ1) is 18.8. The number of aryl methyl sites for hydroxylation is 1. The molecule has 29 heavy (non-hydrogen) atoms. The molecule has 0 bridgehead atoms. The van der Waals surface area contributed by atoms with Crippen LogP contribution in [0, 0.1) is 6.92 Å². The number of nitrogens with one attached hydrogen (secondary N) is 2. The lowest BCUT2D eigenvalue weighted by Crippen LogP contribution is -1.97. The van der Waals surface area contributed by atoms with Gasteiger partial charge in [0, 0.05) is 34.7 Å². The minimum atomic E-state index is 0.416. The number of methoxy groups -OCH3 is 1. The van der Waals surface area contributed by atoms with Gasteiger partial charge in [0.05, 0.1) is 12.7 Å². The summed E-state index contributed by atoms with van der Waals surface area (Å²) in [6.45, 7) is 1.96. The molecule has 2 aromatic carbocycles. The van der Waals surface area contributed by atoms with Crippen molar-refractivity contribution in [2.45, 2.75) is 6.92 Å². The molecule has 2 N–H and O–H groups in total. The van der Waals surface area contributed by atoms with Crippen molar-refractivity contribution in [2.24, 2.45) is 0 Å². The van der Waals surface area contributed by atoms with Crippen molar-refractivity contribution in [2.75, 3.05) is 12.4 Å². The van der Waals surface area contributed by atoms with E-state index in [1.54, 1.807) is 43.6 Å². The number of aromatic nitrogens is 4. The van der Waals surface area contributed by atoms with Crippen LogP contribution in [0.2, 0.25) is 5.02 Å². The molecular formula is C21H18ClN5O2. The summed E-state index contributed by atoms with van der Waals surface area (Å²) in [5.41, 5.74) is 2.67. The zero-order chi connectivity index (χ0) is 20.2. The number of H-pyrrole nitrogens is 1. The summed E-state index contributed by atoms with van der Waals surface area (Å²) in [7, 11) is 1.63. The van der Waals surface area contributed by atoms with Gasteiger partial charge in [0.2, 0.25) is 5.88 Å². The minimum Gasteiger partial charge on any atom is -0.496 e. The minimum absolute atomic E-state index is 0.416. The van der Waals surface area contributed by atoms with E-state index in [1.807, 2.05) is 25.1 Å². The number of rotatable bonds is 6. The van der Waals surface area contributed by atoms with Gasteiger partial charge in [0.25, 0.3) is 0 Å². The second-order valence-electron chi connectivity index (χ2n) is 6.25. The number of hydrogen-bond acceptors (Lipinski definition) is 6. The maximum absolute atomic E-state index is 5.90. The summed E-state index contributed by atoms with van der Waals surface area (Å²) in [4.78, 5) is 16.0. The Morgan fingerprint density at radius 2 is 1.83 bits per heavy atom. The standard InChI is InChI=1S/C21H18ClN5O2/c1-13-11-23-21(26-13)17-8-5-15(9-18(17)28-2)27-19-10-20(25-12-24-19)29-16-6-3-14(22)4-7-16/h3-12H,1-2H3,(H,23,26)(H,24,25,27). The topological polar surface area (TPSA) is 84.9 Å². The highest BCUT2D eigenvalue weighted by Gasteiger charge is 2.11. The second kappa shape index (κ2) is 8.20. The molecule has 0 aliphatic heterocycles. The Labute approximate surface area is 172 Å². The SMILES string of the molecule is COc1cc(Nc2cc(Oc3ccc(Cl)cc3)ncn2)ccc1-c1ncc(C)[nH]1. The molecule has 4 aromatic rings. The number of hydrogen-bond donors (Lipinski definition) is 2. The van der Waals surface area contributed by atoms with Crippen LogP contribution in [-0.2, 0) is 0 Å². The van der Waals surface area contributed by atoms with Crippen molar-refractivity contribution in [3.05, 3.63) is 71.8 Å². The van der Waals surface area contributed by atoms with Crippen LogP contribution in [0.5, 0.6) is 17.4 Å². The number of aromatic amines is 1. The highest BCUT2D eigenvalue weighted by atomic mass is 35.5. The fraction of sp³-hybridized carbons (Fsp3) is 0.0952. The van der Waals surface area contributed by atoms with Gasteiger partial charge in [0.1, 0.15) is 29.5 Å². The molecule has 0 aliphatic rings. The fourth-order valence-electron chi connectivity index (χ4n) is 2.75. The summed E-state index contributed by atoms with van der Waals surface area (Å²) >= 11 is 5.90. The van der Waals surface area contributed by atoms with Crippen molar-refractivity contribution in [3.8, 4) is 28.8 Å². The van der Waals surface area contributed by atoms with Crippen molar-refractivity contribution in [1.29, 1.82) is 0 Å². The zero-order valence-corrected chi connectivity index (χ0v) is 16.6. The van der Waals surface area contributed by atoms with Gasteiger partial charge < -0.3 is 19.8 Å². The molecule has 0 spiro atoms. The number of nitrogens with zero attached hydrogens (tertiary/aromatic N) is 3. The van der Waals surface area contributed by atoms with E-state index in [0.29, 0.717) is 28.2 Å². The van der Waals surface area contributed by atoms with E-state index in [1.165, 1.54) is 6.33 Å². The van der Waals surface area contributed by atoms with E-state index in [9.17, 15) is 0 Å². The van der Waals surface area contributed by atoms with Crippen LogP contribution < -0.4 is 14.8 Å². The van der Waals surface area contributed by atoms with Crippen LogP contribution in [0.4, 0.5) is 11.5 Å². The van der Waals surface area contributed by atoms with Gasteiger partial charge in [0.15, 0.2) is 0 Å². The molecule has 146 valence electrons. The normalized spacial score (nSPS) is 10.6. The third-order valence-electron chi connectivity index (χ3n) is 4.11. The number of imidazole rings is 1. The van der Waals surface area contributed by atoms with Gasteiger partial charge >= 0.3 is 0 Å². The Balaban J connectivity index is 1.53. The van der Waals surface area contributed by atoms with Crippen LogP contribution in [0.15, 0.2) is 61.1 Å². The summed E-state index contributed by atoms with van der Waals surface area (Å²) in [6.07, 6.45) is 3.22. The summed E-state index contributed by atoms with van der Waals surface area (Å²) < 4.78 is 11.3. The lowest BCUT2D eigenvalue weighted by Gasteiger charge is -2.11. The molecule has 2 aromatic heterocycles. The van der Waals surface area contributed by atoms with Crippen molar-refractivity contribution in [3.63, 3.8) is 0 Å². The Morgan fingerprint density at radius 1 is 1.00 bits per heavy atom. The third-order valence-corrected chi connectivity index (χ3v) is 4.36. The molecule has 8 heteroatoms. The first-order valence-electron chi connectivity index (χ1n) is 8.83. The maximum atomic E-state index is 5.90. The molecule has 0 fully saturated rings. The predicted molar refractivity (Wildman–Crippen MR) is 112 cm³/mol.